The van der Waals surface area contributed by atoms with E-state index in [9.17, 15) is 4.79 Å². The highest BCUT2D eigenvalue weighted by atomic mass is 79.9. The van der Waals surface area contributed by atoms with Crippen molar-refractivity contribution in [1.29, 1.82) is 0 Å². The van der Waals surface area contributed by atoms with Gasteiger partial charge in [0.25, 0.3) is 0 Å². The van der Waals surface area contributed by atoms with Gasteiger partial charge in [0, 0.05) is 24.5 Å². The summed E-state index contributed by atoms with van der Waals surface area (Å²) < 4.78 is 5.51. The van der Waals surface area contributed by atoms with Crippen LogP contribution in [0.1, 0.15) is 32.6 Å². The molecule has 2 heterocycles. The van der Waals surface area contributed by atoms with Gasteiger partial charge in [-0.2, -0.15) is 0 Å². The van der Waals surface area contributed by atoms with E-state index >= 15 is 0 Å². The van der Waals surface area contributed by atoms with Crippen molar-refractivity contribution in [2.24, 2.45) is 5.92 Å². The summed E-state index contributed by atoms with van der Waals surface area (Å²) in [5.74, 6) is 0.834. The first-order chi connectivity index (χ1) is 7.66. The summed E-state index contributed by atoms with van der Waals surface area (Å²) >= 11 is 3.66. The second kappa shape index (κ2) is 5.50. The minimum Gasteiger partial charge on any atom is -0.378 e. The number of halogens is 1. The molecular formula is C12H20BrNO2. The molecule has 0 N–H and O–H groups in total. The van der Waals surface area contributed by atoms with Gasteiger partial charge in [-0.15, -0.1) is 0 Å². The average Bonchev–Trinajstić information content (AvgIpc) is 2.74. The Bertz CT molecular complexity index is 253. The van der Waals surface area contributed by atoms with E-state index in [4.69, 9.17) is 4.74 Å². The quantitative estimate of drug-likeness (QED) is 0.730. The zero-order chi connectivity index (χ0) is 11.5. The molecule has 3 nitrogen and oxygen atoms in total. The van der Waals surface area contributed by atoms with Gasteiger partial charge in [0.15, 0.2) is 0 Å². The Labute approximate surface area is 106 Å². The molecular weight excluding hydrogens is 270 g/mol. The van der Waals surface area contributed by atoms with E-state index in [0.717, 1.165) is 39.0 Å². The fraction of sp³-hybridized carbons (Fsp3) is 0.917. The number of rotatable bonds is 2. The predicted molar refractivity (Wildman–Crippen MR) is 66.7 cm³/mol. The van der Waals surface area contributed by atoms with Crippen molar-refractivity contribution in [3.8, 4) is 0 Å². The van der Waals surface area contributed by atoms with Gasteiger partial charge < -0.3 is 9.64 Å². The third-order valence-corrected chi connectivity index (χ3v) is 4.94. The third kappa shape index (κ3) is 2.98. The SMILES string of the molecule is CC1CN(C(=O)CC2CCCO2)CCC1Br. The third-order valence-electron chi connectivity index (χ3n) is 3.58. The first-order valence-electron chi connectivity index (χ1n) is 6.20. The molecule has 0 aromatic heterocycles. The molecule has 3 unspecified atom stereocenters. The molecule has 0 aromatic rings. The van der Waals surface area contributed by atoms with Gasteiger partial charge in [-0.25, -0.2) is 0 Å². The van der Waals surface area contributed by atoms with Crippen LogP contribution in [-0.4, -0.2) is 41.4 Å². The molecule has 3 atom stereocenters. The Kier molecular flexibility index (Phi) is 4.25. The van der Waals surface area contributed by atoms with Crippen molar-refractivity contribution in [1.82, 2.24) is 4.90 Å². The number of alkyl halides is 1. The summed E-state index contributed by atoms with van der Waals surface area (Å²) in [7, 11) is 0. The molecule has 0 bridgehead atoms. The van der Waals surface area contributed by atoms with Gasteiger partial charge in [0.1, 0.15) is 0 Å². The highest BCUT2D eigenvalue weighted by Crippen LogP contribution is 2.25. The van der Waals surface area contributed by atoms with Crippen LogP contribution < -0.4 is 0 Å². The Morgan fingerprint density at radius 2 is 2.31 bits per heavy atom. The van der Waals surface area contributed by atoms with Crippen molar-refractivity contribution >= 4 is 21.8 Å². The van der Waals surface area contributed by atoms with Gasteiger partial charge in [0.05, 0.1) is 12.5 Å². The Morgan fingerprint density at radius 3 is 2.94 bits per heavy atom. The largest absolute Gasteiger partial charge is 0.378 e. The molecule has 0 aromatic carbocycles. The molecule has 1 amide bonds. The van der Waals surface area contributed by atoms with Gasteiger partial charge in [-0.05, 0) is 25.2 Å². The van der Waals surface area contributed by atoms with E-state index in [1.807, 2.05) is 4.90 Å². The highest BCUT2D eigenvalue weighted by molar-refractivity contribution is 9.09. The second-order valence-corrected chi connectivity index (χ2v) is 6.14. The van der Waals surface area contributed by atoms with Crippen molar-refractivity contribution < 1.29 is 9.53 Å². The molecule has 2 fully saturated rings. The van der Waals surface area contributed by atoms with Gasteiger partial charge in [-0.1, -0.05) is 22.9 Å². The van der Waals surface area contributed by atoms with Crippen LogP contribution in [0.25, 0.3) is 0 Å². The van der Waals surface area contributed by atoms with E-state index in [1.165, 1.54) is 0 Å². The predicted octanol–water partition coefficient (Wildman–Crippen LogP) is 2.19. The minimum atomic E-state index is 0.185. The van der Waals surface area contributed by atoms with Crippen LogP contribution in [0.5, 0.6) is 0 Å². The normalized spacial score (nSPS) is 35.4. The lowest BCUT2D eigenvalue weighted by Gasteiger charge is -2.34. The number of amides is 1. The Balaban J connectivity index is 1.80. The smallest absolute Gasteiger partial charge is 0.225 e. The molecule has 0 aliphatic carbocycles. The molecule has 2 rings (SSSR count). The van der Waals surface area contributed by atoms with Crippen molar-refractivity contribution in [3.05, 3.63) is 0 Å². The van der Waals surface area contributed by atoms with E-state index in [2.05, 4.69) is 22.9 Å². The maximum Gasteiger partial charge on any atom is 0.225 e. The van der Waals surface area contributed by atoms with E-state index < -0.39 is 0 Å². The molecule has 2 saturated heterocycles. The summed E-state index contributed by atoms with van der Waals surface area (Å²) in [5, 5.41) is 0. The molecule has 92 valence electrons. The second-order valence-electron chi connectivity index (χ2n) is 4.96. The fourth-order valence-corrected chi connectivity index (χ4v) is 2.84. The molecule has 0 radical (unpaired) electrons. The number of hydrogen-bond donors (Lipinski definition) is 0. The van der Waals surface area contributed by atoms with Gasteiger partial charge in [0.2, 0.25) is 5.91 Å². The zero-order valence-corrected chi connectivity index (χ0v) is 11.4. The Hall–Kier alpha value is -0.0900. The number of carbonyl (C=O) groups excluding carboxylic acids is 1. The standard InChI is InChI=1S/C12H20BrNO2/c1-9-8-14(5-4-11(9)13)12(15)7-10-3-2-6-16-10/h9-11H,2-8H2,1H3. The number of piperidine rings is 1. The number of hydrogen-bond acceptors (Lipinski definition) is 2. The molecule has 2 aliphatic heterocycles. The van der Waals surface area contributed by atoms with E-state index in [1.54, 1.807) is 0 Å². The van der Waals surface area contributed by atoms with Crippen molar-refractivity contribution in [2.75, 3.05) is 19.7 Å². The first kappa shape index (κ1) is 12.4. The number of nitrogens with zero attached hydrogens (tertiary/aromatic N) is 1. The van der Waals surface area contributed by atoms with Crippen LogP contribution in [0.2, 0.25) is 0 Å². The molecule has 0 saturated carbocycles. The molecule has 0 spiro atoms. The Morgan fingerprint density at radius 1 is 1.50 bits per heavy atom. The highest BCUT2D eigenvalue weighted by Gasteiger charge is 2.29. The summed E-state index contributed by atoms with van der Waals surface area (Å²) in [5.41, 5.74) is 0. The van der Waals surface area contributed by atoms with Gasteiger partial charge >= 0.3 is 0 Å². The summed E-state index contributed by atoms with van der Waals surface area (Å²) in [6.45, 7) is 4.82. The van der Waals surface area contributed by atoms with Crippen molar-refractivity contribution in [3.63, 3.8) is 0 Å². The first-order valence-corrected chi connectivity index (χ1v) is 7.12. The fourth-order valence-electron chi connectivity index (χ4n) is 2.47. The van der Waals surface area contributed by atoms with Crippen molar-refractivity contribution in [2.45, 2.75) is 43.5 Å². The number of ether oxygens (including phenoxy) is 1. The molecule has 2 aliphatic rings. The topological polar surface area (TPSA) is 29.5 Å². The average molecular weight is 290 g/mol. The number of carbonyl (C=O) groups is 1. The maximum atomic E-state index is 12.0. The maximum absolute atomic E-state index is 12.0. The van der Waals surface area contributed by atoms with Crippen LogP contribution in [0.4, 0.5) is 0 Å². The lowest BCUT2D eigenvalue weighted by Crippen LogP contribution is -2.44. The minimum absolute atomic E-state index is 0.185. The molecule has 4 heteroatoms. The molecule has 16 heavy (non-hydrogen) atoms. The monoisotopic (exact) mass is 289 g/mol. The van der Waals surface area contributed by atoms with Crippen LogP contribution in [-0.2, 0) is 9.53 Å². The van der Waals surface area contributed by atoms with Crippen LogP contribution >= 0.6 is 15.9 Å². The summed E-state index contributed by atoms with van der Waals surface area (Å²) in [4.78, 5) is 14.6. The van der Waals surface area contributed by atoms with Crippen LogP contribution in [0.3, 0.4) is 0 Å². The number of likely N-dealkylation sites (tertiary alicyclic amines) is 1. The van der Waals surface area contributed by atoms with E-state index in [0.29, 0.717) is 17.2 Å². The summed E-state index contributed by atoms with van der Waals surface area (Å²) in [6, 6.07) is 0. The zero-order valence-electron chi connectivity index (χ0n) is 9.82. The van der Waals surface area contributed by atoms with Crippen LogP contribution in [0.15, 0.2) is 0 Å². The lowest BCUT2D eigenvalue weighted by molar-refractivity contribution is -0.135. The lowest BCUT2D eigenvalue weighted by atomic mass is 9.99. The van der Waals surface area contributed by atoms with Crippen LogP contribution in [0, 0.1) is 5.92 Å². The van der Waals surface area contributed by atoms with E-state index in [-0.39, 0.29) is 12.0 Å². The summed E-state index contributed by atoms with van der Waals surface area (Å²) in [6.07, 6.45) is 4.00. The van der Waals surface area contributed by atoms with Gasteiger partial charge in [-0.3, -0.25) is 4.79 Å².